The summed E-state index contributed by atoms with van der Waals surface area (Å²) in [4.78, 5) is 8.49. The molecule has 1 N–H and O–H groups in total. The fourth-order valence-corrected chi connectivity index (χ4v) is 1.62. The fourth-order valence-electron chi connectivity index (χ4n) is 1.36. The lowest BCUT2D eigenvalue weighted by Gasteiger charge is -2.13. The number of allylic oxidation sites excluding steroid dienone is 1. The Labute approximate surface area is 109 Å². The molecule has 90 valence electrons. The third-order valence-corrected chi connectivity index (χ3v) is 2.61. The van der Waals surface area contributed by atoms with E-state index >= 15 is 0 Å². The van der Waals surface area contributed by atoms with Gasteiger partial charge in [0.2, 0.25) is 0 Å². The zero-order chi connectivity index (χ0) is 12.1. The highest BCUT2D eigenvalue weighted by Crippen LogP contribution is 2.09. The number of nitrogens with one attached hydrogen (secondary N) is 1. The van der Waals surface area contributed by atoms with Gasteiger partial charge in [0, 0.05) is 6.42 Å². The van der Waals surface area contributed by atoms with Crippen LogP contribution in [0.15, 0.2) is 44.7 Å². The first kappa shape index (κ1) is 12.2. The lowest BCUT2D eigenvalue weighted by molar-refractivity contribution is 0.522. The van der Waals surface area contributed by atoms with E-state index in [1.54, 1.807) is 6.26 Å². The van der Waals surface area contributed by atoms with Crippen LogP contribution in [0, 0.1) is 0 Å². The van der Waals surface area contributed by atoms with Gasteiger partial charge in [-0.3, -0.25) is 0 Å². The van der Waals surface area contributed by atoms with E-state index in [1.165, 1.54) is 0 Å². The minimum Gasteiger partial charge on any atom is -0.469 e. The molecule has 1 aliphatic rings. The van der Waals surface area contributed by atoms with Crippen LogP contribution in [0.1, 0.15) is 5.76 Å². The molecule has 2 heterocycles. The first-order valence-electron chi connectivity index (χ1n) is 5.08. The number of furan rings is 1. The number of rotatable bonds is 4. The van der Waals surface area contributed by atoms with Crippen LogP contribution in [0.2, 0.25) is 0 Å². The van der Waals surface area contributed by atoms with E-state index in [2.05, 4.69) is 15.3 Å². The molecule has 1 aliphatic heterocycles. The van der Waals surface area contributed by atoms with Crippen molar-refractivity contribution in [1.29, 1.82) is 0 Å². The molecule has 0 fully saturated rings. The normalized spacial score (nSPS) is 15.1. The number of nitrogens with zero attached hydrogens (tertiary/aromatic N) is 2. The van der Waals surface area contributed by atoms with Gasteiger partial charge in [-0.15, -0.1) is 23.2 Å². The molecule has 0 bridgehead atoms. The maximum absolute atomic E-state index is 5.73. The number of aliphatic imine (C=N–C) groups is 2. The lowest BCUT2D eigenvalue weighted by atomic mass is 10.3. The lowest BCUT2D eigenvalue weighted by Crippen LogP contribution is -2.35. The predicted octanol–water partition coefficient (Wildman–Crippen LogP) is 2.54. The Morgan fingerprint density at radius 2 is 1.94 bits per heavy atom. The van der Waals surface area contributed by atoms with Crippen LogP contribution in [-0.4, -0.2) is 23.4 Å². The second-order valence-electron chi connectivity index (χ2n) is 3.36. The molecule has 1 aromatic rings. The summed E-state index contributed by atoms with van der Waals surface area (Å²) in [6, 6.07) is 3.74. The minimum atomic E-state index is 0.300. The molecule has 0 saturated carbocycles. The maximum Gasteiger partial charge on any atom is 0.152 e. The van der Waals surface area contributed by atoms with E-state index in [4.69, 9.17) is 27.6 Å². The van der Waals surface area contributed by atoms with E-state index in [0.29, 0.717) is 35.7 Å². The molecule has 0 saturated heterocycles. The predicted molar refractivity (Wildman–Crippen MR) is 69.9 cm³/mol. The van der Waals surface area contributed by atoms with E-state index in [1.807, 2.05) is 18.2 Å². The quantitative estimate of drug-likeness (QED) is 0.856. The zero-order valence-electron chi connectivity index (χ0n) is 8.99. The smallest absolute Gasteiger partial charge is 0.152 e. The van der Waals surface area contributed by atoms with Crippen LogP contribution in [-0.2, 0) is 6.42 Å². The highest BCUT2D eigenvalue weighted by atomic mass is 35.5. The number of alkyl halides is 2. The summed E-state index contributed by atoms with van der Waals surface area (Å²) in [5, 5.41) is 2.95. The second kappa shape index (κ2) is 5.89. The molecule has 0 radical (unpaired) electrons. The molecule has 6 heteroatoms. The van der Waals surface area contributed by atoms with Gasteiger partial charge in [0.25, 0.3) is 0 Å². The topological polar surface area (TPSA) is 49.9 Å². The van der Waals surface area contributed by atoms with Crippen LogP contribution in [0.3, 0.4) is 0 Å². The molecule has 0 atom stereocenters. The van der Waals surface area contributed by atoms with E-state index in [9.17, 15) is 0 Å². The van der Waals surface area contributed by atoms with E-state index < -0.39 is 0 Å². The molecule has 0 amide bonds. The van der Waals surface area contributed by atoms with Crippen molar-refractivity contribution in [2.75, 3.05) is 11.8 Å². The molecule has 2 rings (SSSR count). The average molecular weight is 272 g/mol. The maximum atomic E-state index is 5.73. The van der Waals surface area contributed by atoms with Crippen LogP contribution in [0.25, 0.3) is 0 Å². The Balaban J connectivity index is 2.12. The molecule has 17 heavy (non-hydrogen) atoms. The third kappa shape index (κ3) is 3.35. The van der Waals surface area contributed by atoms with Crippen molar-refractivity contribution in [3.63, 3.8) is 0 Å². The van der Waals surface area contributed by atoms with Crippen LogP contribution < -0.4 is 5.32 Å². The fraction of sp³-hybridized carbons (Fsp3) is 0.273. The van der Waals surface area contributed by atoms with Crippen LogP contribution >= 0.6 is 23.2 Å². The Bertz CT molecular complexity index is 441. The Hall–Kier alpha value is -1.26. The largest absolute Gasteiger partial charge is 0.469 e. The van der Waals surface area contributed by atoms with Gasteiger partial charge in [-0.1, -0.05) is 0 Å². The second-order valence-corrected chi connectivity index (χ2v) is 3.89. The van der Waals surface area contributed by atoms with Crippen LogP contribution in [0.5, 0.6) is 0 Å². The Morgan fingerprint density at radius 1 is 1.24 bits per heavy atom. The van der Waals surface area contributed by atoms with Crippen molar-refractivity contribution >= 4 is 34.9 Å². The molecule has 0 spiro atoms. The molecule has 0 aromatic carbocycles. The zero-order valence-corrected chi connectivity index (χ0v) is 10.5. The molecular weight excluding hydrogens is 261 g/mol. The SMILES string of the molecule is ClCC1=NC(=CCc2ccco2)N=C(CCl)N1. The average Bonchev–Trinajstić information content (AvgIpc) is 2.89. The van der Waals surface area contributed by atoms with Crippen LogP contribution in [0.4, 0.5) is 0 Å². The first-order chi connectivity index (χ1) is 8.31. The number of halogens is 2. The summed E-state index contributed by atoms with van der Waals surface area (Å²) in [5.74, 6) is 3.38. The van der Waals surface area contributed by atoms with Gasteiger partial charge in [0.1, 0.15) is 17.4 Å². The standard InChI is InChI=1S/C11H11Cl2N3O/c12-6-10-14-9(15-11(7-13)16-10)4-3-8-2-1-5-17-8/h1-2,4-5H,3,6-7H2,(H,14,15,16). The first-order valence-corrected chi connectivity index (χ1v) is 6.15. The van der Waals surface area contributed by atoms with Crippen molar-refractivity contribution in [2.45, 2.75) is 6.42 Å². The Kier molecular flexibility index (Phi) is 4.23. The van der Waals surface area contributed by atoms with Gasteiger partial charge in [0.05, 0.1) is 18.0 Å². The number of hydrogen-bond donors (Lipinski definition) is 1. The minimum absolute atomic E-state index is 0.300. The molecule has 4 nitrogen and oxygen atoms in total. The number of hydrogen-bond acceptors (Lipinski definition) is 4. The van der Waals surface area contributed by atoms with Crippen molar-refractivity contribution < 1.29 is 4.42 Å². The van der Waals surface area contributed by atoms with Crippen molar-refractivity contribution in [2.24, 2.45) is 9.98 Å². The molecule has 0 aliphatic carbocycles. The Morgan fingerprint density at radius 3 is 2.47 bits per heavy atom. The van der Waals surface area contributed by atoms with Gasteiger partial charge in [-0.2, -0.15) is 0 Å². The summed E-state index contributed by atoms with van der Waals surface area (Å²) in [6.07, 6.45) is 4.15. The molecule has 1 aromatic heterocycles. The van der Waals surface area contributed by atoms with Gasteiger partial charge in [-0.05, 0) is 18.2 Å². The summed E-state index contributed by atoms with van der Waals surface area (Å²) in [6.45, 7) is 0. The molecular formula is C11H11Cl2N3O. The highest BCUT2D eigenvalue weighted by molar-refractivity contribution is 6.33. The van der Waals surface area contributed by atoms with Gasteiger partial charge < -0.3 is 9.73 Å². The van der Waals surface area contributed by atoms with Crippen molar-refractivity contribution in [1.82, 2.24) is 5.32 Å². The van der Waals surface area contributed by atoms with Crippen molar-refractivity contribution in [3.8, 4) is 0 Å². The monoisotopic (exact) mass is 271 g/mol. The summed E-state index contributed by atoms with van der Waals surface area (Å²) in [7, 11) is 0. The van der Waals surface area contributed by atoms with Gasteiger partial charge in [-0.25, -0.2) is 9.98 Å². The third-order valence-electron chi connectivity index (χ3n) is 2.11. The number of amidine groups is 2. The highest BCUT2D eigenvalue weighted by Gasteiger charge is 2.10. The summed E-state index contributed by atoms with van der Waals surface area (Å²) in [5.41, 5.74) is 0. The summed E-state index contributed by atoms with van der Waals surface area (Å²) >= 11 is 11.5. The van der Waals surface area contributed by atoms with Gasteiger partial charge >= 0.3 is 0 Å². The van der Waals surface area contributed by atoms with Crippen molar-refractivity contribution in [3.05, 3.63) is 36.1 Å². The summed E-state index contributed by atoms with van der Waals surface area (Å²) < 4.78 is 5.22. The van der Waals surface area contributed by atoms with E-state index in [-0.39, 0.29) is 0 Å². The molecule has 0 unspecified atom stereocenters. The van der Waals surface area contributed by atoms with E-state index in [0.717, 1.165) is 5.76 Å². The van der Waals surface area contributed by atoms with Gasteiger partial charge in [0.15, 0.2) is 5.82 Å².